The molecule has 1 fully saturated rings. The molecule has 1 amide bonds. The van der Waals surface area contributed by atoms with Crippen molar-refractivity contribution in [2.24, 2.45) is 16.5 Å². The van der Waals surface area contributed by atoms with E-state index in [4.69, 9.17) is 16.7 Å². The normalized spacial score (nSPS) is 19.0. The zero-order valence-corrected chi connectivity index (χ0v) is 11.1. The highest BCUT2D eigenvalue weighted by molar-refractivity contribution is 6.06. The van der Waals surface area contributed by atoms with E-state index in [9.17, 15) is 4.79 Å². The van der Waals surface area contributed by atoms with Crippen molar-refractivity contribution in [2.45, 2.75) is 6.92 Å². The topological polar surface area (TPSA) is 108 Å². The molecule has 0 radical (unpaired) electrons. The van der Waals surface area contributed by atoms with Crippen LogP contribution in [0.15, 0.2) is 40.5 Å². The number of nitriles is 1. The first-order valence-corrected chi connectivity index (χ1v) is 6.09. The van der Waals surface area contributed by atoms with Gasteiger partial charge in [0.1, 0.15) is 0 Å². The lowest BCUT2D eigenvalue weighted by Crippen LogP contribution is -2.13. The van der Waals surface area contributed by atoms with E-state index in [2.05, 4.69) is 11.2 Å². The minimum Gasteiger partial charge on any atom is -0.402 e. The quantitative estimate of drug-likeness (QED) is 0.777. The molecule has 6 nitrogen and oxygen atoms in total. The van der Waals surface area contributed by atoms with E-state index in [1.165, 1.54) is 0 Å². The lowest BCUT2D eigenvalue weighted by molar-refractivity contribution is 0.100. The highest BCUT2D eigenvalue weighted by atomic mass is 16.1. The Morgan fingerprint density at radius 3 is 2.45 bits per heavy atom. The molecule has 0 spiro atoms. The first-order chi connectivity index (χ1) is 9.51. The Labute approximate surface area is 117 Å². The minimum absolute atomic E-state index is 0.435. The average Bonchev–Trinajstić information content (AvgIpc) is 2.82. The number of aliphatic imine (C=N–C) groups is 1. The number of amides is 1. The van der Waals surface area contributed by atoms with E-state index in [0.29, 0.717) is 30.0 Å². The summed E-state index contributed by atoms with van der Waals surface area (Å²) in [6.45, 7) is 2.72. The van der Waals surface area contributed by atoms with Gasteiger partial charge in [0.05, 0.1) is 24.5 Å². The van der Waals surface area contributed by atoms with Crippen LogP contribution in [0.3, 0.4) is 0 Å². The lowest BCUT2D eigenvalue weighted by atomic mass is 10.1. The Morgan fingerprint density at radius 2 is 1.95 bits per heavy atom. The van der Waals surface area contributed by atoms with E-state index in [1.807, 2.05) is 0 Å². The number of benzene rings is 1. The second-order valence-electron chi connectivity index (χ2n) is 4.59. The molecule has 1 aliphatic heterocycles. The molecule has 1 aromatic carbocycles. The number of hydrogen-bond donors (Lipinski definition) is 2. The number of nitrogens with zero attached hydrogens (tertiary/aromatic N) is 3. The molecule has 0 aliphatic carbocycles. The third kappa shape index (κ3) is 2.78. The number of rotatable bonds is 2. The Bertz CT molecular complexity index is 633. The van der Waals surface area contributed by atoms with Crippen molar-refractivity contribution in [1.82, 2.24) is 4.90 Å². The molecule has 6 heteroatoms. The third-order valence-electron chi connectivity index (χ3n) is 3.07. The summed E-state index contributed by atoms with van der Waals surface area (Å²) in [5.41, 5.74) is 14.5. The van der Waals surface area contributed by atoms with Gasteiger partial charge in [-0.3, -0.25) is 9.79 Å². The van der Waals surface area contributed by atoms with Crippen molar-refractivity contribution in [2.75, 3.05) is 13.1 Å². The van der Waals surface area contributed by atoms with Gasteiger partial charge >= 0.3 is 0 Å². The molecule has 1 heterocycles. The van der Waals surface area contributed by atoms with Crippen molar-refractivity contribution in [3.63, 3.8) is 0 Å². The van der Waals surface area contributed by atoms with Gasteiger partial charge in [-0.25, -0.2) is 0 Å². The van der Waals surface area contributed by atoms with Crippen molar-refractivity contribution >= 4 is 17.3 Å². The molecule has 0 aromatic heterocycles. The van der Waals surface area contributed by atoms with Gasteiger partial charge in [-0.2, -0.15) is 5.26 Å². The minimum atomic E-state index is -0.473. The number of primary amides is 1. The van der Waals surface area contributed by atoms with Crippen LogP contribution in [0, 0.1) is 11.5 Å². The molecule has 0 saturated carbocycles. The SMILES string of the molecule is CC(N)=C1CN(C#N)CC1=Nc1ccc(C(N)=O)cc1. The van der Waals surface area contributed by atoms with Crippen LogP contribution in [0.5, 0.6) is 0 Å². The fourth-order valence-electron chi connectivity index (χ4n) is 2.00. The molecule has 1 saturated heterocycles. The summed E-state index contributed by atoms with van der Waals surface area (Å²) in [4.78, 5) is 17.1. The molecular formula is C14H15N5O. The van der Waals surface area contributed by atoms with Crippen LogP contribution in [0.2, 0.25) is 0 Å². The maximum Gasteiger partial charge on any atom is 0.248 e. The molecule has 1 aliphatic rings. The summed E-state index contributed by atoms with van der Waals surface area (Å²) in [5, 5.41) is 8.95. The van der Waals surface area contributed by atoms with Gasteiger partial charge in [0.15, 0.2) is 6.19 Å². The van der Waals surface area contributed by atoms with Gasteiger partial charge in [-0.15, -0.1) is 0 Å². The predicted molar refractivity (Wildman–Crippen MR) is 76.1 cm³/mol. The van der Waals surface area contributed by atoms with E-state index < -0.39 is 5.91 Å². The third-order valence-corrected chi connectivity index (χ3v) is 3.07. The molecule has 102 valence electrons. The Hall–Kier alpha value is -2.81. The van der Waals surface area contributed by atoms with Gasteiger partial charge in [-0.05, 0) is 31.2 Å². The zero-order valence-electron chi connectivity index (χ0n) is 11.1. The largest absolute Gasteiger partial charge is 0.402 e. The highest BCUT2D eigenvalue weighted by Gasteiger charge is 2.23. The van der Waals surface area contributed by atoms with E-state index in [0.717, 1.165) is 11.3 Å². The monoisotopic (exact) mass is 269 g/mol. The molecule has 0 atom stereocenters. The molecule has 2 rings (SSSR count). The molecular weight excluding hydrogens is 254 g/mol. The lowest BCUT2D eigenvalue weighted by Gasteiger charge is -2.02. The molecule has 0 bridgehead atoms. The summed E-state index contributed by atoms with van der Waals surface area (Å²) < 4.78 is 0. The first kappa shape index (κ1) is 13.6. The highest BCUT2D eigenvalue weighted by Crippen LogP contribution is 2.20. The van der Waals surface area contributed by atoms with Gasteiger partial charge in [-0.1, -0.05) is 0 Å². The molecule has 4 N–H and O–H groups in total. The van der Waals surface area contributed by atoms with Crippen LogP contribution in [-0.4, -0.2) is 29.6 Å². The number of likely N-dealkylation sites (tertiary alicyclic amines) is 1. The van der Waals surface area contributed by atoms with Crippen molar-refractivity contribution in [3.05, 3.63) is 41.1 Å². The van der Waals surface area contributed by atoms with Gasteiger partial charge in [0, 0.05) is 16.8 Å². The van der Waals surface area contributed by atoms with Crippen LogP contribution in [-0.2, 0) is 0 Å². The van der Waals surface area contributed by atoms with Crippen LogP contribution in [0.4, 0.5) is 5.69 Å². The summed E-state index contributed by atoms with van der Waals surface area (Å²) in [6.07, 6.45) is 2.09. The van der Waals surface area contributed by atoms with Crippen molar-refractivity contribution in [1.29, 1.82) is 5.26 Å². The standard InChI is InChI=1S/C14H15N5O/c1-9(16)12-6-19(8-15)7-13(12)18-11-4-2-10(3-5-11)14(17)20/h2-5H,6-7,16H2,1H3,(H2,17,20). The second-order valence-corrected chi connectivity index (χ2v) is 4.59. The number of carbonyl (C=O) groups excluding carboxylic acids is 1. The number of carbonyl (C=O) groups is 1. The maximum absolute atomic E-state index is 11.0. The Balaban J connectivity index is 2.32. The second kappa shape index (κ2) is 5.45. The van der Waals surface area contributed by atoms with Gasteiger partial charge in [0.2, 0.25) is 5.91 Å². The number of allylic oxidation sites excluding steroid dienone is 1. The van der Waals surface area contributed by atoms with E-state index in [1.54, 1.807) is 36.1 Å². The first-order valence-electron chi connectivity index (χ1n) is 6.09. The summed E-state index contributed by atoms with van der Waals surface area (Å²) in [7, 11) is 0. The molecule has 20 heavy (non-hydrogen) atoms. The van der Waals surface area contributed by atoms with Crippen molar-refractivity contribution < 1.29 is 4.79 Å². The van der Waals surface area contributed by atoms with Gasteiger partial charge in [0.25, 0.3) is 0 Å². The van der Waals surface area contributed by atoms with Crippen LogP contribution >= 0.6 is 0 Å². The van der Waals surface area contributed by atoms with Crippen LogP contribution in [0.1, 0.15) is 17.3 Å². The molecule has 1 aromatic rings. The fourth-order valence-corrected chi connectivity index (χ4v) is 2.00. The predicted octanol–water partition coefficient (Wildman–Crippen LogP) is 0.887. The number of nitrogens with two attached hydrogens (primary N) is 2. The maximum atomic E-state index is 11.0. The number of hydrogen-bond acceptors (Lipinski definition) is 5. The molecule has 0 unspecified atom stereocenters. The summed E-state index contributed by atoms with van der Waals surface area (Å²) in [5.74, 6) is -0.473. The Morgan fingerprint density at radius 1 is 1.30 bits per heavy atom. The van der Waals surface area contributed by atoms with E-state index in [-0.39, 0.29) is 0 Å². The smallest absolute Gasteiger partial charge is 0.248 e. The van der Waals surface area contributed by atoms with Gasteiger partial charge < -0.3 is 16.4 Å². The zero-order chi connectivity index (χ0) is 14.7. The Kier molecular flexibility index (Phi) is 3.71. The van der Waals surface area contributed by atoms with E-state index >= 15 is 0 Å². The van der Waals surface area contributed by atoms with Crippen LogP contribution < -0.4 is 11.5 Å². The summed E-state index contributed by atoms with van der Waals surface area (Å²) >= 11 is 0. The fraction of sp³-hybridized carbons (Fsp3) is 0.214. The summed E-state index contributed by atoms with van der Waals surface area (Å²) in [6, 6.07) is 6.67. The van der Waals surface area contributed by atoms with Crippen LogP contribution in [0.25, 0.3) is 0 Å². The van der Waals surface area contributed by atoms with Crippen molar-refractivity contribution in [3.8, 4) is 6.19 Å². The average molecular weight is 269 g/mol.